The minimum atomic E-state index is -3.39. The van der Waals surface area contributed by atoms with Crippen molar-refractivity contribution in [2.75, 3.05) is 24.3 Å². The smallest absolute Gasteiger partial charge is 0.264 e. The molecule has 0 saturated carbocycles. The lowest BCUT2D eigenvalue weighted by molar-refractivity contribution is 0.326. The highest BCUT2D eigenvalue weighted by molar-refractivity contribution is 7.85. The van der Waals surface area contributed by atoms with Crippen LogP contribution in [0.4, 0.5) is 5.69 Å². The van der Waals surface area contributed by atoms with Gasteiger partial charge in [0.05, 0.1) is 25.1 Å². The van der Waals surface area contributed by atoms with E-state index in [2.05, 4.69) is 17.0 Å². The van der Waals surface area contributed by atoms with Crippen LogP contribution in [-0.4, -0.2) is 27.8 Å². The van der Waals surface area contributed by atoms with Crippen molar-refractivity contribution in [3.05, 3.63) is 42.5 Å². The number of hydrogen-bond acceptors (Lipinski definition) is 5. The van der Waals surface area contributed by atoms with Crippen LogP contribution >= 0.6 is 0 Å². The fourth-order valence-electron chi connectivity index (χ4n) is 1.49. The van der Waals surface area contributed by atoms with Gasteiger partial charge < -0.3 is 0 Å². The van der Waals surface area contributed by atoms with Gasteiger partial charge in [-0.05, 0) is 24.1 Å². The van der Waals surface area contributed by atoms with Gasteiger partial charge in [-0.1, -0.05) is 18.2 Å². The Morgan fingerprint density at radius 2 is 2.05 bits per heavy atom. The van der Waals surface area contributed by atoms with Gasteiger partial charge in [-0.2, -0.15) is 13.7 Å². The van der Waals surface area contributed by atoms with Gasteiger partial charge in [0.15, 0.2) is 6.19 Å². The highest BCUT2D eigenvalue weighted by atomic mass is 32.2. The summed E-state index contributed by atoms with van der Waals surface area (Å²) in [4.78, 5) is 1.50. The van der Waals surface area contributed by atoms with E-state index in [0.29, 0.717) is 13.0 Å². The molecule has 102 valence electrons. The fraction of sp³-hybridized carbons (Fsp3) is 0.308. The number of nitrogens with zero attached hydrogens (tertiary/aromatic N) is 2. The maximum Gasteiger partial charge on any atom is 0.264 e. The Bertz CT molecular complexity index is 559. The van der Waals surface area contributed by atoms with Gasteiger partial charge >= 0.3 is 0 Å². The molecule has 0 unspecified atom stereocenters. The molecule has 1 aromatic carbocycles. The van der Waals surface area contributed by atoms with Crippen LogP contribution in [0.1, 0.15) is 5.56 Å². The second kappa shape index (κ2) is 6.92. The molecule has 0 amide bonds. The van der Waals surface area contributed by atoms with E-state index in [4.69, 9.17) is 5.26 Å². The first-order chi connectivity index (χ1) is 8.96. The zero-order chi connectivity index (χ0) is 14.3. The van der Waals surface area contributed by atoms with Crippen molar-refractivity contribution in [3.63, 3.8) is 0 Å². The van der Waals surface area contributed by atoms with E-state index in [9.17, 15) is 8.42 Å². The number of rotatable bonds is 7. The molecule has 0 aliphatic carbocycles. The third kappa shape index (κ3) is 5.55. The lowest BCUT2D eigenvalue weighted by Crippen LogP contribution is -2.15. The molecule has 0 N–H and O–H groups in total. The first-order valence-corrected chi connectivity index (χ1v) is 7.49. The average Bonchev–Trinajstić information content (AvgIpc) is 2.35. The summed E-state index contributed by atoms with van der Waals surface area (Å²) < 4.78 is 26.3. The summed E-state index contributed by atoms with van der Waals surface area (Å²) in [6.45, 7) is 4.16. The largest absolute Gasteiger partial charge is 0.276 e. The Labute approximate surface area is 113 Å². The van der Waals surface area contributed by atoms with Crippen molar-refractivity contribution in [2.45, 2.75) is 6.42 Å². The van der Waals surface area contributed by atoms with Crippen molar-refractivity contribution in [1.29, 1.82) is 5.26 Å². The third-order valence-corrected chi connectivity index (χ3v) is 2.96. The maximum absolute atomic E-state index is 10.8. The minimum absolute atomic E-state index is 0.118. The number of benzene rings is 1. The predicted octanol–water partition coefficient (Wildman–Crippen LogP) is 1.68. The van der Waals surface area contributed by atoms with Crippen molar-refractivity contribution < 1.29 is 12.6 Å². The summed E-state index contributed by atoms with van der Waals surface area (Å²) in [5.74, 6) is 0. The summed E-state index contributed by atoms with van der Waals surface area (Å²) in [7, 11) is -3.39. The molecular weight excluding hydrogens is 264 g/mol. The zero-order valence-corrected chi connectivity index (χ0v) is 11.6. The molecule has 1 aromatic rings. The Balaban J connectivity index is 2.61. The van der Waals surface area contributed by atoms with Crippen LogP contribution in [0.3, 0.4) is 0 Å². The molecule has 0 aliphatic heterocycles. The second-order valence-electron chi connectivity index (χ2n) is 3.94. The molecule has 1 rings (SSSR count). The fourth-order valence-corrected chi connectivity index (χ4v) is 1.87. The van der Waals surface area contributed by atoms with Gasteiger partial charge in [-0.3, -0.25) is 9.08 Å². The highest BCUT2D eigenvalue weighted by Gasteiger charge is 2.04. The van der Waals surface area contributed by atoms with Gasteiger partial charge in [-0.15, -0.1) is 6.58 Å². The van der Waals surface area contributed by atoms with Crippen molar-refractivity contribution in [2.24, 2.45) is 0 Å². The number of hydrogen-bond donors (Lipinski definition) is 0. The van der Waals surface area contributed by atoms with Crippen molar-refractivity contribution >= 4 is 15.8 Å². The summed E-state index contributed by atoms with van der Waals surface area (Å²) >= 11 is 0. The summed E-state index contributed by atoms with van der Waals surface area (Å²) in [5, 5.41) is 8.95. The zero-order valence-electron chi connectivity index (χ0n) is 10.7. The minimum Gasteiger partial charge on any atom is -0.276 e. The SMILES string of the molecule is C=CCN(C#N)c1ccc(CCOS(C)(=O)=O)cc1. The number of anilines is 1. The molecule has 0 aromatic heterocycles. The first kappa shape index (κ1) is 15.2. The Kier molecular flexibility index (Phi) is 5.55. The van der Waals surface area contributed by atoms with E-state index in [1.807, 2.05) is 24.3 Å². The normalized spacial score (nSPS) is 10.7. The van der Waals surface area contributed by atoms with Crippen LogP contribution in [0.5, 0.6) is 0 Å². The van der Waals surface area contributed by atoms with E-state index in [1.165, 1.54) is 4.90 Å². The van der Waals surface area contributed by atoms with Crippen LogP contribution in [0.25, 0.3) is 0 Å². The second-order valence-corrected chi connectivity index (χ2v) is 5.59. The van der Waals surface area contributed by atoms with Gasteiger partial charge in [0.25, 0.3) is 10.1 Å². The Hall–Kier alpha value is -1.84. The van der Waals surface area contributed by atoms with Gasteiger partial charge in [0, 0.05) is 0 Å². The summed E-state index contributed by atoms with van der Waals surface area (Å²) in [6.07, 6.45) is 5.24. The molecule has 0 heterocycles. The van der Waals surface area contributed by atoms with Crippen LogP contribution in [0.15, 0.2) is 36.9 Å². The standard InChI is InChI=1S/C13H16N2O3S/c1-3-9-15(11-14)13-6-4-12(5-7-13)8-10-18-19(2,16)17/h3-7H,1,8-10H2,2H3. The van der Waals surface area contributed by atoms with E-state index >= 15 is 0 Å². The van der Waals surface area contributed by atoms with Crippen LogP contribution in [-0.2, 0) is 20.7 Å². The first-order valence-electron chi connectivity index (χ1n) is 5.68. The van der Waals surface area contributed by atoms with Crippen molar-refractivity contribution in [1.82, 2.24) is 0 Å². The van der Waals surface area contributed by atoms with E-state index in [0.717, 1.165) is 17.5 Å². The molecule has 0 radical (unpaired) electrons. The Morgan fingerprint density at radius 3 is 2.53 bits per heavy atom. The predicted molar refractivity (Wildman–Crippen MR) is 74.1 cm³/mol. The molecule has 0 spiro atoms. The lowest BCUT2D eigenvalue weighted by Gasteiger charge is -2.13. The van der Waals surface area contributed by atoms with Gasteiger partial charge in [0.1, 0.15) is 0 Å². The topological polar surface area (TPSA) is 70.4 Å². The highest BCUT2D eigenvalue weighted by Crippen LogP contribution is 2.15. The van der Waals surface area contributed by atoms with Crippen LogP contribution < -0.4 is 4.90 Å². The summed E-state index contributed by atoms with van der Waals surface area (Å²) in [5.41, 5.74) is 1.72. The molecule has 0 aliphatic rings. The van der Waals surface area contributed by atoms with Crippen LogP contribution in [0, 0.1) is 11.5 Å². The molecule has 0 saturated heterocycles. The third-order valence-electron chi connectivity index (χ3n) is 2.37. The molecule has 0 atom stereocenters. The maximum atomic E-state index is 10.8. The van der Waals surface area contributed by atoms with E-state index < -0.39 is 10.1 Å². The van der Waals surface area contributed by atoms with E-state index in [-0.39, 0.29) is 6.61 Å². The molecule has 19 heavy (non-hydrogen) atoms. The monoisotopic (exact) mass is 280 g/mol. The summed E-state index contributed by atoms with van der Waals surface area (Å²) in [6, 6.07) is 7.30. The molecule has 0 fully saturated rings. The molecule has 6 heteroatoms. The van der Waals surface area contributed by atoms with E-state index in [1.54, 1.807) is 6.08 Å². The molecule has 5 nitrogen and oxygen atoms in total. The average molecular weight is 280 g/mol. The molecular formula is C13H16N2O3S. The van der Waals surface area contributed by atoms with Gasteiger partial charge in [0.2, 0.25) is 0 Å². The lowest BCUT2D eigenvalue weighted by atomic mass is 10.1. The molecule has 0 bridgehead atoms. The van der Waals surface area contributed by atoms with Crippen LogP contribution in [0.2, 0.25) is 0 Å². The Morgan fingerprint density at radius 1 is 1.42 bits per heavy atom. The van der Waals surface area contributed by atoms with Crippen molar-refractivity contribution in [3.8, 4) is 6.19 Å². The number of nitriles is 1. The quantitative estimate of drug-likeness (QED) is 0.329. The van der Waals surface area contributed by atoms with Gasteiger partial charge in [-0.25, -0.2) is 0 Å².